The van der Waals surface area contributed by atoms with Gasteiger partial charge in [-0.15, -0.1) is 0 Å². The predicted octanol–water partition coefficient (Wildman–Crippen LogP) is 5.71. The fraction of sp³-hybridized carbons (Fsp3) is 0.355. The lowest BCUT2D eigenvalue weighted by Crippen LogP contribution is -2.53. The zero-order chi connectivity index (χ0) is 28.7. The normalized spacial score (nSPS) is 14.5. The van der Waals surface area contributed by atoms with E-state index in [1.54, 1.807) is 25.1 Å². The molecule has 1 aliphatic carbocycles. The minimum atomic E-state index is -4.14. The Labute approximate surface area is 242 Å². The molecule has 1 N–H and O–H groups in total. The molecule has 4 rings (SSSR count). The first kappa shape index (κ1) is 29.6. The number of para-hydroxylation sites is 1. The third-order valence-corrected chi connectivity index (χ3v) is 9.37. The average Bonchev–Trinajstić information content (AvgIpc) is 3.46. The molecule has 0 saturated heterocycles. The largest absolute Gasteiger partial charge is 0.352 e. The van der Waals surface area contributed by atoms with Gasteiger partial charge < -0.3 is 10.2 Å². The van der Waals surface area contributed by atoms with Crippen molar-refractivity contribution >= 4 is 39.1 Å². The number of nitrogens with zero attached hydrogens (tertiary/aromatic N) is 2. The zero-order valence-corrected chi connectivity index (χ0v) is 24.5. The van der Waals surface area contributed by atoms with Crippen molar-refractivity contribution < 1.29 is 18.0 Å². The molecule has 7 nitrogen and oxygen atoms in total. The van der Waals surface area contributed by atoms with Crippen molar-refractivity contribution in [2.45, 2.75) is 69.5 Å². The molecular formula is C31H36ClN3O4S. The Morgan fingerprint density at radius 2 is 1.57 bits per heavy atom. The van der Waals surface area contributed by atoms with E-state index >= 15 is 0 Å². The Balaban J connectivity index is 1.71. The summed E-state index contributed by atoms with van der Waals surface area (Å²) in [6.45, 7) is 3.39. The highest BCUT2D eigenvalue weighted by Crippen LogP contribution is 2.28. The van der Waals surface area contributed by atoms with Gasteiger partial charge in [0.15, 0.2) is 0 Å². The molecule has 1 fully saturated rings. The number of aryl methyl sites for hydroxylation is 1. The monoisotopic (exact) mass is 581 g/mol. The molecule has 1 unspecified atom stereocenters. The average molecular weight is 582 g/mol. The lowest BCUT2D eigenvalue weighted by molar-refractivity contribution is -0.140. The second-order valence-corrected chi connectivity index (χ2v) is 12.5. The quantitative estimate of drug-likeness (QED) is 0.314. The number of benzene rings is 3. The number of amides is 2. The predicted molar refractivity (Wildman–Crippen MR) is 159 cm³/mol. The smallest absolute Gasteiger partial charge is 0.264 e. The number of rotatable bonds is 11. The summed E-state index contributed by atoms with van der Waals surface area (Å²) in [4.78, 5) is 29.2. The van der Waals surface area contributed by atoms with Gasteiger partial charge in [0.1, 0.15) is 12.6 Å². The molecule has 1 atom stereocenters. The maximum absolute atomic E-state index is 14.1. The molecule has 0 heterocycles. The second kappa shape index (κ2) is 13.3. The van der Waals surface area contributed by atoms with Gasteiger partial charge in [-0.1, -0.05) is 79.9 Å². The summed E-state index contributed by atoms with van der Waals surface area (Å²) in [5.41, 5.74) is 1.95. The van der Waals surface area contributed by atoms with Crippen LogP contribution in [0.5, 0.6) is 0 Å². The van der Waals surface area contributed by atoms with E-state index in [1.165, 1.54) is 29.2 Å². The molecule has 0 aromatic heterocycles. The maximum Gasteiger partial charge on any atom is 0.264 e. The number of nitrogens with one attached hydrogen (secondary N) is 1. The number of hydrogen-bond donors (Lipinski definition) is 1. The third-order valence-electron chi connectivity index (χ3n) is 7.35. The van der Waals surface area contributed by atoms with Crippen molar-refractivity contribution in [1.82, 2.24) is 10.2 Å². The van der Waals surface area contributed by atoms with E-state index in [1.807, 2.05) is 43.3 Å². The minimum absolute atomic E-state index is 0.0218. The van der Waals surface area contributed by atoms with Crippen LogP contribution in [0, 0.1) is 6.92 Å². The highest BCUT2D eigenvalue weighted by atomic mass is 35.5. The number of sulfonamides is 1. The molecule has 212 valence electrons. The lowest BCUT2D eigenvalue weighted by Gasteiger charge is -2.34. The van der Waals surface area contributed by atoms with Gasteiger partial charge >= 0.3 is 0 Å². The highest BCUT2D eigenvalue weighted by Gasteiger charge is 2.35. The van der Waals surface area contributed by atoms with E-state index in [4.69, 9.17) is 11.6 Å². The highest BCUT2D eigenvalue weighted by molar-refractivity contribution is 7.92. The van der Waals surface area contributed by atoms with Gasteiger partial charge in [-0.2, -0.15) is 0 Å². The first-order valence-electron chi connectivity index (χ1n) is 13.7. The molecule has 0 aliphatic heterocycles. The van der Waals surface area contributed by atoms with Gasteiger partial charge in [-0.3, -0.25) is 13.9 Å². The van der Waals surface area contributed by atoms with E-state index < -0.39 is 28.5 Å². The van der Waals surface area contributed by atoms with Crippen LogP contribution >= 0.6 is 11.6 Å². The fourth-order valence-corrected chi connectivity index (χ4v) is 6.76. The van der Waals surface area contributed by atoms with Crippen LogP contribution in [0.2, 0.25) is 5.02 Å². The van der Waals surface area contributed by atoms with Crippen LogP contribution in [0.4, 0.5) is 5.69 Å². The Morgan fingerprint density at radius 1 is 0.950 bits per heavy atom. The van der Waals surface area contributed by atoms with Gasteiger partial charge in [0.2, 0.25) is 11.8 Å². The van der Waals surface area contributed by atoms with E-state index in [0.29, 0.717) is 22.7 Å². The summed E-state index contributed by atoms with van der Waals surface area (Å²) in [6, 6.07) is 21.7. The third kappa shape index (κ3) is 7.04. The minimum Gasteiger partial charge on any atom is -0.352 e. The van der Waals surface area contributed by atoms with Crippen molar-refractivity contribution in [2.75, 3.05) is 10.8 Å². The van der Waals surface area contributed by atoms with E-state index in [0.717, 1.165) is 35.6 Å². The molecule has 0 radical (unpaired) electrons. The molecule has 2 amide bonds. The van der Waals surface area contributed by atoms with E-state index in [-0.39, 0.29) is 23.4 Å². The van der Waals surface area contributed by atoms with Crippen LogP contribution < -0.4 is 9.62 Å². The van der Waals surface area contributed by atoms with Crippen LogP contribution in [0.3, 0.4) is 0 Å². The first-order chi connectivity index (χ1) is 19.2. The molecule has 1 aliphatic rings. The van der Waals surface area contributed by atoms with E-state index in [2.05, 4.69) is 5.32 Å². The first-order valence-corrected chi connectivity index (χ1v) is 15.5. The molecule has 40 heavy (non-hydrogen) atoms. The maximum atomic E-state index is 14.1. The Kier molecular flexibility index (Phi) is 9.87. The standard InChI is InChI=1S/C31H36ClN3O4S/c1-3-28(31(37)33-26-14-8-9-15-26)34(21-24-12-5-4-6-13-24)30(36)22-35(29-16-10-7-11-23(29)2)40(38,39)27-19-17-25(32)18-20-27/h4-7,10-13,16-20,26,28H,3,8-9,14-15,21-22H2,1-2H3,(H,33,37). The van der Waals surface area contributed by atoms with Crippen molar-refractivity contribution in [3.63, 3.8) is 0 Å². The van der Waals surface area contributed by atoms with Gasteiger partial charge in [0.25, 0.3) is 10.0 Å². The van der Waals surface area contributed by atoms with E-state index in [9.17, 15) is 18.0 Å². The molecule has 1 saturated carbocycles. The van der Waals surface area contributed by atoms with Crippen molar-refractivity contribution in [2.24, 2.45) is 0 Å². The van der Waals surface area contributed by atoms with Crippen molar-refractivity contribution in [3.05, 3.63) is 95.0 Å². The zero-order valence-electron chi connectivity index (χ0n) is 22.9. The summed E-state index contributed by atoms with van der Waals surface area (Å²) >= 11 is 6.02. The number of carbonyl (C=O) groups excluding carboxylic acids is 2. The van der Waals surface area contributed by atoms with Crippen LogP contribution in [0.25, 0.3) is 0 Å². The molecule has 0 bridgehead atoms. The number of halogens is 1. The van der Waals surface area contributed by atoms with Crippen molar-refractivity contribution in [1.29, 1.82) is 0 Å². The van der Waals surface area contributed by atoms with Crippen molar-refractivity contribution in [3.8, 4) is 0 Å². The number of anilines is 1. The van der Waals surface area contributed by atoms with Gasteiger partial charge in [0.05, 0.1) is 10.6 Å². The Hall–Kier alpha value is -3.36. The fourth-order valence-electron chi connectivity index (χ4n) is 5.16. The van der Waals surface area contributed by atoms with Crippen LogP contribution in [-0.4, -0.2) is 43.8 Å². The summed E-state index contributed by atoms with van der Waals surface area (Å²) in [5.74, 6) is -0.667. The summed E-state index contributed by atoms with van der Waals surface area (Å²) in [5, 5.41) is 3.54. The Bertz CT molecular complexity index is 1410. The Morgan fingerprint density at radius 3 is 2.20 bits per heavy atom. The summed E-state index contributed by atoms with van der Waals surface area (Å²) in [7, 11) is -4.14. The molecule has 3 aromatic rings. The second-order valence-electron chi connectivity index (χ2n) is 10.2. The number of hydrogen-bond acceptors (Lipinski definition) is 4. The molecule has 3 aromatic carbocycles. The number of carbonyl (C=O) groups is 2. The van der Waals surface area contributed by atoms with Crippen LogP contribution in [0.1, 0.15) is 50.2 Å². The topological polar surface area (TPSA) is 86.8 Å². The molecular weight excluding hydrogens is 546 g/mol. The molecule has 9 heteroatoms. The van der Waals surface area contributed by atoms with Gasteiger partial charge in [0, 0.05) is 17.6 Å². The van der Waals surface area contributed by atoms with Gasteiger partial charge in [-0.25, -0.2) is 8.42 Å². The molecule has 0 spiro atoms. The van der Waals surface area contributed by atoms with Gasteiger partial charge in [-0.05, 0) is 67.6 Å². The summed E-state index contributed by atoms with van der Waals surface area (Å²) in [6.07, 6.45) is 4.39. The lowest BCUT2D eigenvalue weighted by atomic mass is 10.1. The van der Waals surface area contributed by atoms with Crippen LogP contribution in [0.15, 0.2) is 83.8 Å². The SMILES string of the molecule is CCC(C(=O)NC1CCCC1)N(Cc1ccccc1)C(=O)CN(c1ccccc1C)S(=O)(=O)c1ccc(Cl)cc1. The van der Waals surface area contributed by atoms with Crippen LogP contribution in [-0.2, 0) is 26.2 Å². The summed E-state index contributed by atoms with van der Waals surface area (Å²) < 4.78 is 29.0.